The molecule has 180 valence electrons. The van der Waals surface area contributed by atoms with Crippen molar-refractivity contribution in [3.05, 3.63) is 64.0 Å². The number of anilines is 1. The van der Waals surface area contributed by atoms with Crippen molar-refractivity contribution in [1.82, 2.24) is 5.32 Å². The monoisotopic (exact) mass is 498 g/mol. The third kappa shape index (κ3) is 5.34. The van der Waals surface area contributed by atoms with Crippen molar-refractivity contribution in [3.63, 3.8) is 0 Å². The molecule has 3 rings (SSSR count). The highest BCUT2D eigenvalue weighted by Gasteiger charge is 2.26. The normalized spacial score (nSPS) is 11.8. The third-order valence-electron chi connectivity index (χ3n) is 4.62. The number of halogens is 4. The topological polar surface area (TPSA) is 93.7 Å². The van der Waals surface area contributed by atoms with Crippen LogP contribution in [0.1, 0.15) is 22.2 Å². The molecule has 0 aliphatic heterocycles. The van der Waals surface area contributed by atoms with E-state index in [0.29, 0.717) is 10.8 Å². The van der Waals surface area contributed by atoms with Crippen LogP contribution in [0.25, 0.3) is 10.1 Å². The molecule has 34 heavy (non-hydrogen) atoms. The maximum atomic E-state index is 14.3. The summed E-state index contributed by atoms with van der Waals surface area (Å²) in [4.78, 5) is 36.9. The van der Waals surface area contributed by atoms with E-state index >= 15 is 0 Å². The van der Waals surface area contributed by atoms with E-state index in [1.54, 1.807) is 6.07 Å². The number of ether oxygens (including phenoxy) is 2. The van der Waals surface area contributed by atoms with Gasteiger partial charge in [0.1, 0.15) is 10.7 Å². The predicted octanol–water partition coefficient (Wildman–Crippen LogP) is 3.90. The fourth-order valence-corrected chi connectivity index (χ4v) is 4.11. The quantitative estimate of drug-likeness (QED) is 0.279. The highest BCUT2D eigenvalue weighted by molar-refractivity contribution is 7.21. The molecule has 1 atom stereocenters. The highest BCUT2D eigenvalue weighted by atomic mass is 32.1. The summed E-state index contributed by atoms with van der Waals surface area (Å²) >= 11 is 0.980. The lowest BCUT2D eigenvalue weighted by atomic mass is 10.1. The molecule has 0 fully saturated rings. The molecule has 12 heteroatoms. The van der Waals surface area contributed by atoms with E-state index in [-0.39, 0.29) is 22.4 Å². The largest absolute Gasteiger partial charge is 0.448 e. The van der Waals surface area contributed by atoms with Crippen LogP contribution in [0.2, 0.25) is 0 Å². The first-order valence-corrected chi connectivity index (χ1v) is 10.6. The maximum absolute atomic E-state index is 14.3. The molecule has 1 heterocycles. The predicted molar refractivity (Wildman–Crippen MR) is 115 cm³/mol. The van der Waals surface area contributed by atoms with Crippen molar-refractivity contribution in [1.29, 1.82) is 0 Å². The maximum Gasteiger partial charge on any atom is 0.349 e. The fourth-order valence-electron chi connectivity index (χ4n) is 3.01. The Balaban J connectivity index is 1.62. The van der Waals surface area contributed by atoms with Crippen LogP contribution in [0.4, 0.5) is 23.2 Å². The summed E-state index contributed by atoms with van der Waals surface area (Å²) < 4.78 is 64.8. The Hall–Kier alpha value is -3.51. The van der Waals surface area contributed by atoms with Gasteiger partial charge in [-0.15, -0.1) is 11.3 Å². The highest BCUT2D eigenvalue weighted by Crippen LogP contribution is 2.34. The number of fused-ring (bicyclic) bond motifs is 1. The molecule has 0 unspecified atom stereocenters. The Morgan fingerprint density at radius 1 is 1.03 bits per heavy atom. The Kier molecular flexibility index (Phi) is 7.84. The minimum absolute atomic E-state index is 0.0628. The number of carbonyl (C=O) groups excluding carboxylic acids is 3. The van der Waals surface area contributed by atoms with Crippen LogP contribution >= 0.6 is 11.3 Å². The Morgan fingerprint density at radius 2 is 1.76 bits per heavy atom. The summed E-state index contributed by atoms with van der Waals surface area (Å²) in [5.74, 6) is -7.97. The number of esters is 1. The first-order chi connectivity index (χ1) is 16.1. The molecule has 0 aliphatic carbocycles. The smallest absolute Gasteiger partial charge is 0.349 e. The van der Waals surface area contributed by atoms with E-state index in [0.717, 1.165) is 17.4 Å². The van der Waals surface area contributed by atoms with Crippen molar-refractivity contribution >= 4 is 44.9 Å². The molecular weight excluding hydrogens is 480 g/mol. The lowest BCUT2D eigenvalue weighted by Crippen LogP contribution is -2.40. The molecule has 2 N–H and O–H groups in total. The molecule has 0 radical (unpaired) electrons. The first kappa shape index (κ1) is 25.1. The zero-order valence-corrected chi connectivity index (χ0v) is 18.7. The zero-order valence-electron chi connectivity index (χ0n) is 17.8. The number of methoxy groups -OCH3 is 1. The molecule has 3 aromatic rings. The summed E-state index contributed by atoms with van der Waals surface area (Å²) in [6.07, 6.45) is -1.34. The Labute approximate surface area is 194 Å². The van der Waals surface area contributed by atoms with Crippen LogP contribution in [-0.2, 0) is 25.7 Å². The first-order valence-electron chi connectivity index (χ1n) is 9.74. The number of rotatable bonds is 8. The molecule has 1 aromatic heterocycles. The average molecular weight is 498 g/mol. The van der Waals surface area contributed by atoms with Gasteiger partial charge in [0, 0.05) is 22.8 Å². The molecule has 7 nitrogen and oxygen atoms in total. The van der Waals surface area contributed by atoms with E-state index in [2.05, 4.69) is 5.32 Å². The summed E-state index contributed by atoms with van der Waals surface area (Å²) in [6, 6.07) is 5.82. The number of benzene rings is 2. The van der Waals surface area contributed by atoms with Gasteiger partial charge in [0.15, 0.2) is 23.6 Å². The lowest BCUT2D eigenvalue weighted by Gasteiger charge is -2.14. The van der Waals surface area contributed by atoms with Gasteiger partial charge < -0.3 is 20.1 Å². The second kappa shape index (κ2) is 10.6. The van der Waals surface area contributed by atoms with Gasteiger partial charge >= 0.3 is 5.97 Å². The molecule has 0 bridgehead atoms. The fraction of sp³-hybridized carbons (Fsp3) is 0.227. The zero-order chi connectivity index (χ0) is 25.0. The van der Waals surface area contributed by atoms with Gasteiger partial charge in [0.2, 0.25) is 5.91 Å². The van der Waals surface area contributed by atoms with Crippen LogP contribution < -0.4 is 10.6 Å². The summed E-state index contributed by atoms with van der Waals surface area (Å²) in [7, 11) is 1.38. The van der Waals surface area contributed by atoms with Crippen molar-refractivity contribution in [3.8, 4) is 0 Å². The number of thiophene rings is 1. The van der Waals surface area contributed by atoms with E-state index in [1.165, 1.54) is 26.2 Å². The van der Waals surface area contributed by atoms with Crippen LogP contribution in [0.15, 0.2) is 30.3 Å². The van der Waals surface area contributed by atoms with E-state index < -0.39 is 59.4 Å². The third-order valence-corrected chi connectivity index (χ3v) is 5.80. The van der Waals surface area contributed by atoms with E-state index in [1.807, 2.05) is 5.32 Å². The number of nitrogens with one attached hydrogen (secondary N) is 2. The number of hydrogen-bond donors (Lipinski definition) is 2. The van der Waals surface area contributed by atoms with Gasteiger partial charge in [-0.25, -0.2) is 22.4 Å². The SMILES string of the molecule is COCc1c(C(=O)O[C@H](C)C(=O)NCC(=O)Nc2ccc(F)c(F)c2F)sc2cccc(F)c12. The molecule has 2 aromatic carbocycles. The van der Waals surface area contributed by atoms with Crippen LogP contribution in [0.5, 0.6) is 0 Å². The van der Waals surface area contributed by atoms with Crippen molar-refractivity contribution in [2.75, 3.05) is 19.0 Å². The standard InChI is InChI=1S/C22H18F4N2O5S/c1-10(21(30)27-8-16(29)28-14-7-6-13(24)18(25)19(14)26)33-22(31)20-11(9-32-2)17-12(23)4-3-5-15(17)34-20/h3-7,10H,8-9H2,1-2H3,(H,27,30)(H,28,29)/t10-/m1/s1. The number of amides is 2. The second-order valence-corrected chi connectivity index (χ2v) is 8.04. The summed E-state index contributed by atoms with van der Waals surface area (Å²) in [5.41, 5.74) is -0.327. The van der Waals surface area contributed by atoms with Crippen molar-refractivity contribution in [2.45, 2.75) is 19.6 Å². The lowest BCUT2D eigenvalue weighted by molar-refractivity contribution is -0.130. The molecular formula is C22H18F4N2O5S. The molecule has 0 spiro atoms. The van der Waals surface area contributed by atoms with Crippen LogP contribution in [0, 0.1) is 23.3 Å². The van der Waals surface area contributed by atoms with Crippen molar-refractivity contribution in [2.24, 2.45) is 0 Å². The van der Waals surface area contributed by atoms with Gasteiger partial charge in [-0.2, -0.15) is 0 Å². The molecule has 0 saturated heterocycles. The van der Waals surface area contributed by atoms with Gasteiger partial charge in [0.05, 0.1) is 18.8 Å². The van der Waals surface area contributed by atoms with Crippen LogP contribution in [-0.4, -0.2) is 37.5 Å². The Morgan fingerprint density at radius 3 is 2.47 bits per heavy atom. The second-order valence-electron chi connectivity index (χ2n) is 6.99. The molecule has 2 amide bonds. The van der Waals surface area contributed by atoms with E-state index in [9.17, 15) is 31.9 Å². The average Bonchev–Trinajstić information content (AvgIpc) is 3.18. The molecule has 0 aliphatic rings. The summed E-state index contributed by atoms with van der Waals surface area (Å²) in [6.45, 7) is 0.527. The summed E-state index contributed by atoms with van der Waals surface area (Å²) in [5, 5.41) is 4.39. The Bertz CT molecular complexity index is 1260. The van der Waals surface area contributed by atoms with Gasteiger partial charge in [-0.1, -0.05) is 6.07 Å². The van der Waals surface area contributed by atoms with E-state index in [4.69, 9.17) is 9.47 Å². The number of hydrogen-bond acceptors (Lipinski definition) is 6. The minimum Gasteiger partial charge on any atom is -0.448 e. The van der Waals surface area contributed by atoms with Crippen molar-refractivity contribution < 1.29 is 41.4 Å². The van der Waals surface area contributed by atoms with Gasteiger partial charge in [0.25, 0.3) is 5.91 Å². The van der Waals surface area contributed by atoms with Gasteiger partial charge in [-0.3, -0.25) is 9.59 Å². The minimum atomic E-state index is -1.75. The van der Waals surface area contributed by atoms with Crippen LogP contribution in [0.3, 0.4) is 0 Å². The van der Waals surface area contributed by atoms with Gasteiger partial charge in [-0.05, 0) is 31.2 Å². The molecule has 0 saturated carbocycles. The number of carbonyl (C=O) groups is 3.